The molecule has 1 aromatic carbocycles. The molecule has 1 unspecified atom stereocenters. The number of benzene rings is 1. The van der Waals surface area contributed by atoms with Gasteiger partial charge in [-0.1, -0.05) is 12.1 Å². The van der Waals surface area contributed by atoms with Crippen LogP contribution < -0.4 is 10.1 Å². The summed E-state index contributed by atoms with van der Waals surface area (Å²) in [6.45, 7) is 5.41. The summed E-state index contributed by atoms with van der Waals surface area (Å²) in [5.41, 5.74) is 2.54. The fourth-order valence-electron chi connectivity index (χ4n) is 2.41. The van der Waals surface area contributed by atoms with E-state index >= 15 is 0 Å². The number of likely N-dealkylation sites (N-methyl/N-ethyl adjacent to an activating group) is 1. The van der Waals surface area contributed by atoms with Gasteiger partial charge >= 0.3 is 0 Å². The monoisotopic (exact) mass is 234 g/mol. The highest BCUT2D eigenvalue weighted by Crippen LogP contribution is 2.18. The predicted molar refractivity (Wildman–Crippen MR) is 70.5 cm³/mol. The second-order valence-corrected chi connectivity index (χ2v) is 4.93. The zero-order valence-electron chi connectivity index (χ0n) is 11.0. The lowest BCUT2D eigenvalue weighted by Crippen LogP contribution is -2.30. The smallest absolute Gasteiger partial charge is 0.121 e. The van der Waals surface area contributed by atoms with Crippen LogP contribution in [-0.2, 0) is 6.54 Å². The van der Waals surface area contributed by atoms with Crippen molar-refractivity contribution < 1.29 is 4.74 Å². The minimum atomic E-state index is 0.641. The van der Waals surface area contributed by atoms with Crippen LogP contribution in [0.15, 0.2) is 18.2 Å². The number of nitrogens with one attached hydrogen (secondary N) is 1. The Morgan fingerprint density at radius 3 is 2.88 bits per heavy atom. The van der Waals surface area contributed by atoms with E-state index in [0.29, 0.717) is 6.04 Å². The zero-order valence-corrected chi connectivity index (χ0v) is 11.0. The molecule has 1 aliphatic rings. The first-order valence-electron chi connectivity index (χ1n) is 6.24. The van der Waals surface area contributed by atoms with Crippen LogP contribution in [0, 0.1) is 6.92 Å². The van der Waals surface area contributed by atoms with E-state index in [1.165, 1.54) is 24.1 Å². The van der Waals surface area contributed by atoms with Crippen LogP contribution in [0.2, 0.25) is 0 Å². The third-order valence-corrected chi connectivity index (χ3v) is 3.45. The summed E-state index contributed by atoms with van der Waals surface area (Å²) in [7, 11) is 3.90. The average molecular weight is 234 g/mol. The molecule has 3 nitrogen and oxygen atoms in total. The Hall–Kier alpha value is -1.06. The Morgan fingerprint density at radius 1 is 1.47 bits per heavy atom. The van der Waals surface area contributed by atoms with Crippen molar-refractivity contribution in [3.05, 3.63) is 29.3 Å². The summed E-state index contributed by atoms with van der Waals surface area (Å²) in [5, 5.41) is 3.61. The second kappa shape index (κ2) is 5.52. The zero-order chi connectivity index (χ0) is 12.3. The van der Waals surface area contributed by atoms with Crippen molar-refractivity contribution in [2.24, 2.45) is 0 Å². The molecule has 1 aromatic rings. The molecule has 2 rings (SSSR count). The van der Waals surface area contributed by atoms with Crippen LogP contribution in [0.25, 0.3) is 0 Å². The van der Waals surface area contributed by atoms with Gasteiger partial charge in [0.25, 0.3) is 0 Å². The van der Waals surface area contributed by atoms with Crippen molar-refractivity contribution >= 4 is 0 Å². The summed E-state index contributed by atoms with van der Waals surface area (Å²) >= 11 is 0. The Labute approximate surface area is 104 Å². The Balaban J connectivity index is 1.88. The first-order chi connectivity index (χ1) is 8.19. The van der Waals surface area contributed by atoms with E-state index in [-0.39, 0.29) is 0 Å². The second-order valence-electron chi connectivity index (χ2n) is 4.93. The number of nitrogens with zero attached hydrogens (tertiary/aromatic N) is 1. The lowest BCUT2D eigenvalue weighted by Gasteiger charge is -2.13. The van der Waals surface area contributed by atoms with E-state index < -0.39 is 0 Å². The minimum absolute atomic E-state index is 0.641. The van der Waals surface area contributed by atoms with Gasteiger partial charge in [-0.05, 0) is 44.1 Å². The van der Waals surface area contributed by atoms with Gasteiger partial charge in [-0.3, -0.25) is 0 Å². The molecule has 0 amide bonds. The molecule has 0 aromatic heterocycles. The number of ether oxygens (including phenoxy) is 1. The minimum Gasteiger partial charge on any atom is -0.496 e. The number of hydrogen-bond donors (Lipinski definition) is 1. The molecule has 1 atom stereocenters. The van der Waals surface area contributed by atoms with Gasteiger partial charge in [-0.2, -0.15) is 0 Å². The average Bonchev–Trinajstić information content (AvgIpc) is 2.73. The highest BCUT2D eigenvalue weighted by Gasteiger charge is 2.18. The molecule has 0 bridgehead atoms. The molecule has 17 heavy (non-hydrogen) atoms. The van der Waals surface area contributed by atoms with Gasteiger partial charge in [-0.15, -0.1) is 0 Å². The molecule has 0 aliphatic carbocycles. The first-order valence-corrected chi connectivity index (χ1v) is 6.24. The molecule has 1 heterocycles. The van der Waals surface area contributed by atoms with Crippen molar-refractivity contribution in [2.75, 3.05) is 27.2 Å². The van der Waals surface area contributed by atoms with Crippen molar-refractivity contribution in [1.82, 2.24) is 10.2 Å². The van der Waals surface area contributed by atoms with Gasteiger partial charge in [0.2, 0.25) is 0 Å². The molecule has 0 spiro atoms. The van der Waals surface area contributed by atoms with Gasteiger partial charge in [-0.25, -0.2) is 0 Å². The van der Waals surface area contributed by atoms with Crippen LogP contribution in [0.1, 0.15) is 17.5 Å². The van der Waals surface area contributed by atoms with E-state index in [9.17, 15) is 0 Å². The quantitative estimate of drug-likeness (QED) is 0.859. The van der Waals surface area contributed by atoms with E-state index in [1.54, 1.807) is 7.11 Å². The van der Waals surface area contributed by atoms with Crippen molar-refractivity contribution in [2.45, 2.75) is 25.9 Å². The predicted octanol–water partition coefficient (Wildman–Crippen LogP) is 1.80. The topological polar surface area (TPSA) is 24.5 Å². The maximum atomic E-state index is 5.26. The summed E-state index contributed by atoms with van der Waals surface area (Å²) in [6, 6.07) is 7.03. The van der Waals surface area contributed by atoms with E-state index in [4.69, 9.17) is 4.74 Å². The normalized spacial score (nSPS) is 20.8. The molecule has 0 radical (unpaired) electrons. The molecule has 1 aliphatic heterocycles. The Kier molecular flexibility index (Phi) is 4.02. The van der Waals surface area contributed by atoms with E-state index in [0.717, 1.165) is 18.8 Å². The molecular formula is C14H22N2O. The van der Waals surface area contributed by atoms with Gasteiger partial charge in [0.1, 0.15) is 5.75 Å². The molecule has 0 saturated carbocycles. The van der Waals surface area contributed by atoms with Crippen LogP contribution in [0.4, 0.5) is 0 Å². The Morgan fingerprint density at radius 2 is 2.29 bits per heavy atom. The van der Waals surface area contributed by atoms with Gasteiger partial charge in [0.15, 0.2) is 0 Å². The van der Waals surface area contributed by atoms with Gasteiger partial charge in [0.05, 0.1) is 7.11 Å². The lowest BCUT2D eigenvalue weighted by molar-refractivity contribution is 0.397. The summed E-state index contributed by atoms with van der Waals surface area (Å²) in [4.78, 5) is 2.37. The van der Waals surface area contributed by atoms with Crippen LogP contribution >= 0.6 is 0 Å². The summed E-state index contributed by atoms with van der Waals surface area (Å²) in [6.07, 6.45) is 1.26. The summed E-state index contributed by atoms with van der Waals surface area (Å²) < 4.78 is 5.26. The molecule has 3 heteroatoms. The van der Waals surface area contributed by atoms with Crippen LogP contribution in [0.3, 0.4) is 0 Å². The maximum Gasteiger partial charge on any atom is 0.121 e. The number of likely N-dealkylation sites (tertiary alicyclic amines) is 1. The van der Waals surface area contributed by atoms with Crippen LogP contribution in [0.5, 0.6) is 5.75 Å². The van der Waals surface area contributed by atoms with Crippen molar-refractivity contribution in [3.8, 4) is 5.75 Å². The number of methoxy groups -OCH3 is 1. The molecule has 1 saturated heterocycles. The van der Waals surface area contributed by atoms with Gasteiger partial charge < -0.3 is 15.0 Å². The van der Waals surface area contributed by atoms with E-state index in [2.05, 4.69) is 36.3 Å². The van der Waals surface area contributed by atoms with Gasteiger partial charge in [0, 0.05) is 19.1 Å². The number of aryl methyl sites for hydroxylation is 1. The number of hydrogen-bond acceptors (Lipinski definition) is 3. The third-order valence-electron chi connectivity index (χ3n) is 3.45. The number of rotatable bonds is 4. The molecule has 1 fully saturated rings. The van der Waals surface area contributed by atoms with Crippen molar-refractivity contribution in [3.63, 3.8) is 0 Å². The molecule has 1 N–H and O–H groups in total. The molecular weight excluding hydrogens is 212 g/mol. The largest absolute Gasteiger partial charge is 0.496 e. The lowest BCUT2D eigenvalue weighted by atomic mass is 10.1. The fourth-order valence-corrected chi connectivity index (χ4v) is 2.41. The molecule has 94 valence electrons. The summed E-state index contributed by atoms with van der Waals surface area (Å²) in [5.74, 6) is 0.967. The van der Waals surface area contributed by atoms with E-state index in [1.807, 2.05) is 6.07 Å². The highest BCUT2D eigenvalue weighted by molar-refractivity contribution is 5.36. The van der Waals surface area contributed by atoms with Crippen LogP contribution in [-0.4, -0.2) is 38.2 Å². The maximum absolute atomic E-state index is 5.26. The standard InChI is InChI=1S/C14H22N2O/c1-11-8-12(4-5-14(11)17-3)9-15-13-6-7-16(2)10-13/h4-5,8,13,15H,6-7,9-10H2,1-3H3. The fraction of sp³-hybridized carbons (Fsp3) is 0.571. The first kappa shape index (κ1) is 12.4. The van der Waals surface area contributed by atoms with Crippen molar-refractivity contribution in [1.29, 1.82) is 0 Å². The SMILES string of the molecule is COc1ccc(CNC2CCN(C)C2)cc1C. The Bertz CT molecular complexity index is 378. The highest BCUT2D eigenvalue weighted by atomic mass is 16.5. The third kappa shape index (κ3) is 3.20.